The van der Waals surface area contributed by atoms with E-state index in [0.29, 0.717) is 17.7 Å². The van der Waals surface area contributed by atoms with Crippen molar-refractivity contribution in [1.82, 2.24) is 0 Å². The number of hydrogen-bond acceptors (Lipinski definition) is 0. The summed E-state index contributed by atoms with van der Waals surface area (Å²) in [6.07, 6.45) is 1.15. The summed E-state index contributed by atoms with van der Waals surface area (Å²) in [5, 5.41) is 0.784. The highest BCUT2D eigenvalue weighted by Gasteiger charge is 2.16. The Balaban J connectivity index is 2.84. The summed E-state index contributed by atoms with van der Waals surface area (Å²) in [7, 11) is 0. The third kappa shape index (κ3) is 2.90. The quantitative estimate of drug-likeness (QED) is 0.658. The fourth-order valence-electron chi connectivity index (χ4n) is 1.56. The fourth-order valence-corrected chi connectivity index (χ4v) is 2.17. The molecule has 0 aliphatic heterocycles. The summed E-state index contributed by atoms with van der Waals surface area (Å²) >= 11 is 11.8. The monoisotopic (exact) mass is 230 g/mol. The molecule has 0 heterocycles. The molecule has 2 atom stereocenters. The van der Waals surface area contributed by atoms with E-state index in [0.717, 1.165) is 11.4 Å². The van der Waals surface area contributed by atoms with Crippen molar-refractivity contribution < 1.29 is 0 Å². The molecule has 0 bridgehead atoms. The Morgan fingerprint density at radius 1 is 1.21 bits per heavy atom. The van der Waals surface area contributed by atoms with E-state index in [2.05, 4.69) is 26.0 Å². The lowest BCUT2D eigenvalue weighted by Gasteiger charge is -2.20. The van der Waals surface area contributed by atoms with Crippen LogP contribution in [0.2, 0.25) is 5.02 Å². The molecular weight excluding hydrogens is 215 g/mol. The summed E-state index contributed by atoms with van der Waals surface area (Å²) in [5.41, 5.74) is 1.29. The molecule has 0 aromatic heterocycles. The number of hydrogen-bond donors (Lipinski definition) is 0. The van der Waals surface area contributed by atoms with E-state index in [4.69, 9.17) is 23.2 Å². The number of rotatable bonds is 4. The molecule has 0 fully saturated rings. The number of halogens is 2. The minimum atomic E-state index is 0.443. The molecule has 2 unspecified atom stereocenters. The van der Waals surface area contributed by atoms with E-state index in [-0.39, 0.29) is 0 Å². The molecule has 1 aromatic carbocycles. The van der Waals surface area contributed by atoms with Gasteiger partial charge in [-0.05, 0) is 29.5 Å². The van der Waals surface area contributed by atoms with Crippen LogP contribution in [0.3, 0.4) is 0 Å². The number of alkyl halides is 1. The largest absolute Gasteiger partial charge is 0.126 e. The molecule has 78 valence electrons. The van der Waals surface area contributed by atoms with E-state index >= 15 is 0 Å². The first kappa shape index (κ1) is 11.9. The van der Waals surface area contributed by atoms with Gasteiger partial charge < -0.3 is 0 Å². The predicted molar refractivity (Wildman–Crippen MR) is 64.4 cm³/mol. The van der Waals surface area contributed by atoms with E-state index in [9.17, 15) is 0 Å². The average Bonchev–Trinajstić information content (AvgIpc) is 2.21. The van der Waals surface area contributed by atoms with Gasteiger partial charge in [-0.3, -0.25) is 0 Å². The van der Waals surface area contributed by atoms with Crippen LogP contribution in [0, 0.1) is 5.92 Å². The van der Waals surface area contributed by atoms with E-state index < -0.39 is 0 Å². The molecule has 0 saturated carbocycles. The van der Waals surface area contributed by atoms with Crippen LogP contribution in [0.1, 0.15) is 31.7 Å². The van der Waals surface area contributed by atoms with Gasteiger partial charge in [0.05, 0.1) is 0 Å². The van der Waals surface area contributed by atoms with Crippen LogP contribution in [0.15, 0.2) is 24.3 Å². The van der Waals surface area contributed by atoms with Gasteiger partial charge >= 0.3 is 0 Å². The SMILES string of the molecule is CCC(C)C(CCl)c1ccc(Cl)cc1. The molecule has 0 nitrogen and oxygen atoms in total. The summed E-state index contributed by atoms with van der Waals surface area (Å²) in [6, 6.07) is 8.00. The summed E-state index contributed by atoms with van der Waals surface area (Å²) in [4.78, 5) is 0. The van der Waals surface area contributed by atoms with Crippen molar-refractivity contribution in [2.45, 2.75) is 26.2 Å². The Hall–Kier alpha value is -0.200. The minimum absolute atomic E-state index is 0.443. The van der Waals surface area contributed by atoms with Crippen molar-refractivity contribution in [1.29, 1.82) is 0 Å². The van der Waals surface area contributed by atoms with Gasteiger partial charge in [-0.15, -0.1) is 11.6 Å². The van der Waals surface area contributed by atoms with Gasteiger partial charge in [-0.1, -0.05) is 44.0 Å². The number of benzene rings is 1. The molecule has 0 amide bonds. The average molecular weight is 231 g/mol. The second-order valence-corrected chi connectivity index (χ2v) is 4.44. The molecule has 0 radical (unpaired) electrons. The van der Waals surface area contributed by atoms with Crippen LogP contribution in [-0.4, -0.2) is 5.88 Å². The lowest BCUT2D eigenvalue weighted by atomic mass is 9.87. The highest BCUT2D eigenvalue weighted by molar-refractivity contribution is 6.30. The Morgan fingerprint density at radius 2 is 1.79 bits per heavy atom. The van der Waals surface area contributed by atoms with Gasteiger partial charge in [-0.2, -0.15) is 0 Å². The van der Waals surface area contributed by atoms with E-state index in [1.807, 2.05) is 12.1 Å². The summed E-state index contributed by atoms with van der Waals surface area (Å²) in [6.45, 7) is 4.43. The van der Waals surface area contributed by atoms with Gasteiger partial charge in [-0.25, -0.2) is 0 Å². The first-order chi connectivity index (χ1) is 6.69. The zero-order valence-corrected chi connectivity index (χ0v) is 10.1. The zero-order chi connectivity index (χ0) is 10.6. The Morgan fingerprint density at radius 3 is 2.21 bits per heavy atom. The molecule has 14 heavy (non-hydrogen) atoms. The summed E-state index contributed by atoms with van der Waals surface area (Å²) in [5.74, 6) is 1.74. The van der Waals surface area contributed by atoms with Crippen molar-refractivity contribution in [3.05, 3.63) is 34.9 Å². The van der Waals surface area contributed by atoms with Gasteiger partial charge in [0.1, 0.15) is 0 Å². The van der Waals surface area contributed by atoms with Crippen LogP contribution in [0.5, 0.6) is 0 Å². The molecule has 0 N–H and O–H groups in total. The fraction of sp³-hybridized carbons (Fsp3) is 0.500. The van der Waals surface area contributed by atoms with Crippen molar-refractivity contribution in [2.24, 2.45) is 5.92 Å². The third-order valence-corrected chi connectivity index (χ3v) is 3.38. The Bertz CT molecular complexity index is 266. The molecule has 0 spiro atoms. The maximum absolute atomic E-state index is 5.98. The van der Waals surface area contributed by atoms with Crippen LogP contribution >= 0.6 is 23.2 Å². The molecule has 1 aromatic rings. The van der Waals surface area contributed by atoms with Gasteiger partial charge in [0, 0.05) is 10.9 Å². The maximum atomic E-state index is 5.98. The molecule has 0 aliphatic rings. The molecular formula is C12H16Cl2. The van der Waals surface area contributed by atoms with E-state index in [1.165, 1.54) is 5.56 Å². The lowest BCUT2D eigenvalue weighted by molar-refractivity contribution is 0.477. The summed E-state index contributed by atoms with van der Waals surface area (Å²) < 4.78 is 0. The highest BCUT2D eigenvalue weighted by atomic mass is 35.5. The zero-order valence-electron chi connectivity index (χ0n) is 8.63. The topological polar surface area (TPSA) is 0 Å². The van der Waals surface area contributed by atoms with Crippen LogP contribution in [-0.2, 0) is 0 Å². The third-order valence-electron chi connectivity index (χ3n) is 2.80. The molecule has 0 aliphatic carbocycles. The molecule has 0 saturated heterocycles. The van der Waals surface area contributed by atoms with Crippen molar-refractivity contribution in [2.75, 3.05) is 5.88 Å². The normalized spacial score (nSPS) is 15.1. The predicted octanol–water partition coefficient (Wildman–Crippen LogP) is 4.71. The Labute approximate surface area is 96.2 Å². The smallest absolute Gasteiger partial charge is 0.0406 e. The van der Waals surface area contributed by atoms with Crippen molar-refractivity contribution in [3.8, 4) is 0 Å². The van der Waals surface area contributed by atoms with Gasteiger partial charge in [0.15, 0.2) is 0 Å². The van der Waals surface area contributed by atoms with Crippen LogP contribution in [0.4, 0.5) is 0 Å². The van der Waals surface area contributed by atoms with Crippen molar-refractivity contribution in [3.63, 3.8) is 0 Å². The molecule has 2 heteroatoms. The lowest BCUT2D eigenvalue weighted by Crippen LogP contribution is -2.10. The second kappa shape index (κ2) is 5.63. The van der Waals surface area contributed by atoms with E-state index in [1.54, 1.807) is 0 Å². The van der Waals surface area contributed by atoms with Crippen LogP contribution in [0.25, 0.3) is 0 Å². The first-order valence-corrected chi connectivity index (χ1v) is 5.91. The first-order valence-electron chi connectivity index (χ1n) is 5.00. The second-order valence-electron chi connectivity index (χ2n) is 3.70. The van der Waals surface area contributed by atoms with Crippen LogP contribution < -0.4 is 0 Å². The standard InChI is InChI=1S/C12H16Cl2/c1-3-9(2)12(8-13)10-4-6-11(14)7-5-10/h4-7,9,12H,3,8H2,1-2H3. The Kier molecular flexibility index (Phi) is 4.77. The van der Waals surface area contributed by atoms with Gasteiger partial charge in [0.25, 0.3) is 0 Å². The van der Waals surface area contributed by atoms with Gasteiger partial charge in [0.2, 0.25) is 0 Å². The highest BCUT2D eigenvalue weighted by Crippen LogP contribution is 2.28. The minimum Gasteiger partial charge on any atom is -0.126 e. The maximum Gasteiger partial charge on any atom is 0.0406 e. The molecule has 1 rings (SSSR count). The van der Waals surface area contributed by atoms with Crippen molar-refractivity contribution >= 4 is 23.2 Å².